The SMILES string of the molecule is CC[C@@H](Nc1ccnc(NCCOc2ccccc2)n1)c1ccccc1. The number of benzene rings is 2. The fourth-order valence-corrected chi connectivity index (χ4v) is 2.66. The predicted molar refractivity (Wildman–Crippen MR) is 106 cm³/mol. The molecule has 2 aromatic carbocycles. The molecule has 0 aliphatic rings. The van der Waals surface area contributed by atoms with Crippen molar-refractivity contribution in [1.29, 1.82) is 0 Å². The number of aromatic nitrogens is 2. The molecule has 26 heavy (non-hydrogen) atoms. The topological polar surface area (TPSA) is 59.1 Å². The first-order chi connectivity index (χ1) is 12.8. The molecule has 0 aliphatic carbocycles. The summed E-state index contributed by atoms with van der Waals surface area (Å²) in [6.07, 6.45) is 2.73. The molecule has 0 radical (unpaired) electrons. The van der Waals surface area contributed by atoms with Gasteiger partial charge in [-0.25, -0.2) is 4.98 Å². The molecule has 3 aromatic rings. The number of rotatable bonds is 9. The minimum absolute atomic E-state index is 0.223. The number of anilines is 2. The Kier molecular flexibility index (Phi) is 6.42. The van der Waals surface area contributed by atoms with Crippen molar-refractivity contribution >= 4 is 11.8 Å². The molecule has 5 heteroatoms. The molecule has 0 bridgehead atoms. The summed E-state index contributed by atoms with van der Waals surface area (Å²) in [5.74, 6) is 2.26. The van der Waals surface area contributed by atoms with Gasteiger partial charge in [0.1, 0.15) is 18.2 Å². The first-order valence-corrected chi connectivity index (χ1v) is 8.91. The van der Waals surface area contributed by atoms with Gasteiger partial charge in [0.2, 0.25) is 5.95 Å². The number of nitrogens with one attached hydrogen (secondary N) is 2. The highest BCUT2D eigenvalue weighted by molar-refractivity contribution is 5.42. The number of ether oxygens (including phenoxy) is 1. The van der Waals surface area contributed by atoms with E-state index in [2.05, 4.69) is 51.8 Å². The first kappa shape index (κ1) is 17.7. The maximum absolute atomic E-state index is 5.66. The Morgan fingerprint density at radius 3 is 2.42 bits per heavy atom. The molecule has 0 amide bonds. The van der Waals surface area contributed by atoms with Crippen LogP contribution in [0.3, 0.4) is 0 Å². The normalized spacial score (nSPS) is 11.6. The lowest BCUT2D eigenvalue weighted by atomic mass is 10.0. The molecule has 5 nitrogen and oxygen atoms in total. The summed E-state index contributed by atoms with van der Waals surface area (Å²) in [4.78, 5) is 8.81. The van der Waals surface area contributed by atoms with Crippen molar-refractivity contribution < 1.29 is 4.74 Å². The molecule has 0 fully saturated rings. The van der Waals surface area contributed by atoms with Crippen LogP contribution in [0.4, 0.5) is 11.8 Å². The van der Waals surface area contributed by atoms with Crippen molar-refractivity contribution in [2.75, 3.05) is 23.8 Å². The van der Waals surface area contributed by atoms with E-state index in [0.29, 0.717) is 19.1 Å². The van der Waals surface area contributed by atoms with Gasteiger partial charge in [0, 0.05) is 6.20 Å². The van der Waals surface area contributed by atoms with Crippen LogP contribution in [0, 0.1) is 0 Å². The average molecular weight is 348 g/mol. The third kappa shape index (κ3) is 5.21. The Balaban J connectivity index is 1.52. The number of hydrogen-bond acceptors (Lipinski definition) is 5. The summed E-state index contributed by atoms with van der Waals surface area (Å²) >= 11 is 0. The van der Waals surface area contributed by atoms with Crippen molar-refractivity contribution in [1.82, 2.24) is 9.97 Å². The van der Waals surface area contributed by atoms with Crippen LogP contribution < -0.4 is 15.4 Å². The largest absolute Gasteiger partial charge is 0.492 e. The van der Waals surface area contributed by atoms with Crippen molar-refractivity contribution in [3.05, 3.63) is 78.5 Å². The second-order valence-corrected chi connectivity index (χ2v) is 5.87. The standard InChI is InChI=1S/C21H24N4O/c1-2-19(17-9-5-3-6-10-17)24-20-13-14-22-21(25-20)23-15-16-26-18-11-7-4-8-12-18/h3-14,19H,2,15-16H2,1H3,(H2,22,23,24,25)/t19-/m1/s1. The van der Waals surface area contributed by atoms with Crippen LogP contribution in [0.1, 0.15) is 24.9 Å². The van der Waals surface area contributed by atoms with Crippen molar-refractivity contribution in [3.63, 3.8) is 0 Å². The van der Waals surface area contributed by atoms with Gasteiger partial charge >= 0.3 is 0 Å². The highest BCUT2D eigenvalue weighted by Gasteiger charge is 2.09. The molecule has 1 aromatic heterocycles. The molecule has 0 unspecified atom stereocenters. The molecule has 3 rings (SSSR count). The Morgan fingerprint density at radius 2 is 1.69 bits per heavy atom. The quantitative estimate of drug-likeness (QED) is 0.556. The molecule has 0 saturated heterocycles. The third-order valence-corrected chi connectivity index (χ3v) is 3.98. The van der Waals surface area contributed by atoms with Crippen LogP contribution in [0.5, 0.6) is 5.75 Å². The lowest BCUT2D eigenvalue weighted by molar-refractivity contribution is 0.332. The van der Waals surface area contributed by atoms with Crippen LogP contribution in [-0.2, 0) is 0 Å². The molecule has 134 valence electrons. The number of nitrogens with zero attached hydrogens (tertiary/aromatic N) is 2. The summed E-state index contributed by atoms with van der Waals surface area (Å²) < 4.78 is 5.66. The predicted octanol–water partition coefficient (Wildman–Crippen LogP) is 4.53. The Morgan fingerprint density at radius 1 is 0.962 bits per heavy atom. The summed E-state index contributed by atoms with van der Waals surface area (Å²) in [5.41, 5.74) is 1.25. The molecule has 0 spiro atoms. The summed E-state index contributed by atoms with van der Waals surface area (Å²) in [6.45, 7) is 3.34. The van der Waals surface area contributed by atoms with Gasteiger partial charge in [-0.15, -0.1) is 0 Å². The molecule has 0 saturated carbocycles. The zero-order valence-corrected chi connectivity index (χ0v) is 14.9. The van der Waals surface area contributed by atoms with Crippen molar-refractivity contribution in [2.45, 2.75) is 19.4 Å². The van der Waals surface area contributed by atoms with Gasteiger partial charge in [-0.2, -0.15) is 4.98 Å². The maximum Gasteiger partial charge on any atom is 0.224 e. The minimum atomic E-state index is 0.223. The maximum atomic E-state index is 5.66. The highest BCUT2D eigenvalue weighted by Crippen LogP contribution is 2.21. The van der Waals surface area contributed by atoms with Crippen LogP contribution in [-0.4, -0.2) is 23.1 Å². The highest BCUT2D eigenvalue weighted by atomic mass is 16.5. The Bertz CT molecular complexity index is 780. The van der Waals surface area contributed by atoms with E-state index >= 15 is 0 Å². The summed E-state index contributed by atoms with van der Waals surface area (Å²) in [7, 11) is 0. The van der Waals surface area contributed by atoms with E-state index in [1.54, 1.807) is 6.20 Å². The van der Waals surface area contributed by atoms with E-state index in [-0.39, 0.29) is 6.04 Å². The fourth-order valence-electron chi connectivity index (χ4n) is 2.66. The van der Waals surface area contributed by atoms with Gasteiger partial charge in [0.05, 0.1) is 12.6 Å². The number of hydrogen-bond donors (Lipinski definition) is 2. The van der Waals surface area contributed by atoms with Crippen LogP contribution in [0.15, 0.2) is 72.9 Å². The smallest absolute Gasteiger partial charge is 0.224 e. The molecule has 1 atom stereocenters. The summed E-state index contributed by atoms with van der Waals surface area (Å²) in [6, 6.07) is 22.3. The molecule has 2 N–H and O–H groups in total. The fraction of sp³-hybridized carbons (Fsp3) is 0.238. The molecule has 1 heterocycles. The minimum Gasteiger partial charge on any atom is -0.492 e. The first-order valence-electron chi connectivity index (χ1n) is 8.91. The van der Waals surface area contributed by atoms with E-state index in [1.807, 2.05) is 42.5 Å². The van der Waals surface area contributed by atoms with Crippen LogP contribution >= 0.6 is 0 Å². The Hall–Kier alpha value is -3.08. The number of para-hydroxylation sites is 1. The van der Waals surface area contributed by atoms with Gasteiger partial charge in [-0.05, 0) is 30.2 Å². The lowest BCUT2D eigenvalue weighted by Gasteiger charge is -2.18. The van der Waals surface area contributed by atoms with E-state index in [0.717, 1.165) is 18.0 Å². The van der Waals surface area contributed by atoms with Gasteiger partial charge in [0.25, 0.3) is 0 Å². The van der Waals surface area contributed by atoms with E-state index in [4.69, 9.17) is 4.74 Å². The van der Waals surface area contributed by atoms with Crippen molar-refractivity contribution in [2.24, 2.45) is 0 Å². The van der Waals surface area contributed by atoms with E-state index in [9.17, 15) is 0 Å². The monoisotopic (exact) mass is 348 g/mol. The molecule has 0 aliphatic heterocycles. The second kappa shape index (κ2) is 9.42. The van der Waals surface area contributed by atoms with Crippen LogP contribution in [0.25, 0.3) is 0 Å². The van der Waals surface area contributed by atoms with Gasteiger partial charge in [0.15, 0.2) is 0 Å². The average Bonchev–Trinajstić information content (AvgIpc) is 2.71. The zero-order valence-electron chi connectivity index (χ0n) is 14.9. The van der Waals surface area contributed by atoms with E-state index < -0.39 is 0 Å². The Labute approximate surface area is 154 Å². The molecular formula is C21H24N4O. The van der Waals surface area contributed by atoms with Crippen LogP contribution in [0.2, 0.25) is 0 Å². The van der Waals surface area contributed by atoms with Gasteiger partial charge < -0.3 is 15.4 Å². The second-order valence-electron chi connectivity index (χ2n) is 5.87. The van der Waals surface area contributed by atoms with Gasteiger partial charge in [-0.1, -0.05) is 55.5 Å². The lowest BCUT2D eigenvalue weighted by Crippen LogP contribution is -2.15. The third-order valence-electron chi connectivity index (χ3n) is 3.98. The van der Waals surface area contributed by atoms with Crippen molar-refractivity contribution in [3.8, 4) is 5.75 Å². The molecular weight excluding hydrogens is 324 g/mol. The summed E-state index contributed by atoms with van der Waals surface area (Å²) in [5, 5.41) is 6.68. The van der Waals surface area contributed by atoms with Gasteiger partial charge in [-0.3, -0.25) is 0 Å². The zero-order chi connectivity index (χ0) is 18.0. The van der Waals surface area contributed by atoms with E-state index in [1.165, 1.54) is 5.56 Å².